The summed E-state index contributed by atoms with van der Waals surface area (Å²) in [4.78, 5) is 4.39. The van der Waals surface area contributed by atoms with E-state index in [-0.39, 0.29) is 5.75 Å². The summed E-state index contributed by atoms with van der Waals surface area (Å²) in [5.41, 5.74) is 9.84. The van der Waals surface area contributed by atoms with Crippen molar-refractivity contribution in [2.45, 2.75) is 6.92 Å². The summed E-state index contributed by atoms with van der Waals surface area (Å²) < 4.78 is 1.88. The van der Waals surface area contributed by atoms with Gasteiger partial charge in [-0.2, -0.15) is 0 Å². The van der Waals surface area contributed by atoms with Crippen molar-refractivity contribution in [3.8, 4) is 11.4 Å². The number of imidazole rings is 1. The first-order chi connectivity index (χ1) is 8.66. The molecule has 4 nitrogen and oxygen atoms in total. The fraction of sp³-hybridized carbons (Fsp3) is 0.0714. The molecule has 1 heterocycles. The number of phenols is 1. The fourth-order valence-corrected chi connectivity index (χ4v) is 2.13. The van der Waals surface area contributed by atoms with E-state index >= 15 is 0 Å². The maximum absolute atomic E-state index is 9.32. The standard InChI is InChI=1S/C14H13N3O/c1-9-3-2-4-12-13(9)16-14(15)17(12)10-5-7-11(18)8-6-10/h2-8,18H,1H3,(H2,15,16). The van der Waals surface area contributed by atoms with Crippen molar-refractivity contribution in [1.82, 2.24) is 9.55 Å². The van der Waals surface area contributed by atoms with Crippen LogP contribution in [-0.2, 0) is 0 Å². The molecule has 0 atom stereocenters. The molecule has 3 rings (SSSR count). The predicted octanol–water partition coefficient (Wildman–Crippen LogP) is 2.62. The van der Waals surface area contributed by atoms with E-state index in [1.807, 2.05) is 41.8 Å². The van der Waals surface area contributed by atoms with E-state index < -0.39 is 0 Å². The number of rotatable bonds is 1. The fourth-order valence-electron chi connectivity index (χ4n) is 2.13. The second-order valence-electron chi connectivity index (χ2n) is 4.26. The highest BCUT2D eigenvalue weighted by Crippen LogP contribution is 2.25. The molecular weight excluding hydrogens is 226 g/mol. The molecule has 90 valence electrons. The van der Waals surface area contributed by atoms with Crippen LogP contribution in [0.2, 0.25) is 0 Å². The van der Waals surface area contributed by atoms with E-state index in [4.69, 9.17) is 5.73 Å². The Bertz CT molecular complexity index is 714. The lowest BCUT2D eigenvalue weighted by atomic mass is 10.2. The molecule has 0 saturated heterocycles. The normalized spacial score (nSPS) is 10.9. The molecule has 0 spiro atoms. The molecule has 0 aliphatic heterocycles. The van der Waals surface area contributed by atoms with Crippen molar-refractivity contribution >= 4 is 17.0 Å². The summed E-state index contributed by atoms with van der Waals surface area (Å²) in [6, 6.07) is 12.9. The Kier molecular flexibility index (Phi) is 2.23. The third-order valence-electron chi connectivity index (χ3n) is 3.02. The highest BCUT2D eigenvalue weighted by Gasteiger charge is 2.10. The summed E-state index contributed by atoms with van der Waals surface area (Å²) >= 11 is 0. The van der Waals surface area contributed by atoms with Crippen molar-refractivity contribution in [3.05, 3.63) is 48.0 Å². The van der Waals surface area contributed by atoms with Crippen LogP contribution in [0, 0.1) is 6.92 Å². The monoisotopic (exact) mass is 239 g/mol. The Hall–Kier alpha value is -2.49. The number of anilines is 1. The highest BCUT2D eigenvalue weighted by atomic mass is 16.3. The number of hydrogen-bond donors (Lipinski definition) is 2. The largest absolute Gasteiger partial charge is 0.508 e. The van der Waals surface area contributed by atoms with Gasteiger partial charge in [0.1, 0.15) is 5.75 Å². The van der Waals surface area contributed by atoms with Gasteiger partial charge in [-0.3, -0.25) is 4.57 Å². The molecule has 1 aromatic heterocycles. The molecule has 0 aliphatic rings. The molecule has 3 N–H and O–H groups in total. The van der Waals surface area contributed by atoms with Crippen LogP contribution >= 0.6 is 0 Å². The number of nitrogens with two attached hydrogens (primary N) is 1. The lowest BCUT2D eigenvalue weighted by Gasteiger charge is -2.06. The average Bonchev–Trinajstić information content (AvgIpc) is 2.69. The highest BCUT2D eigenvalue weighted by molar-refractivity contribution is 5.83. The first-order valence-electron chi connectivity index (χ1n) is 5.70. The van der Waals surface area contributed by atoms with Crippen molar-refractivity contribution in [3.63, 3.8) is 0 Å². The van der Waals surface area contributed by atoms with Crippen molar-refractivity contribution in [1.29, 1.82) is 0 Å². The van der Waals surface area contributed by atoms with E-state index in [0.29, 0.717) is 5.95 Å². The van der Waals surface area contributed by atoms with E-state index in [0.717, 1.165) is 22.3 Å². The van der Waals surface area contributed by atoms with Crippen molar-refractivity contribution < 1.29 is 5.11 Å². The minimum atomic E-state index is 0.234. The number of hydrogen-bond acceptors (Lipinski definition) is 3. The number of nitrogens with zero attached hydrogens (tertiary/aromatic N) is 2. The smallest absolute Gasteiger partial charge is 0.205 e. The SMILES string of the molecule is Cc1cccc2c1nc(N)n2-c1ccc(O)cc1. The molecule has 0 radical (unpaired) electrons. The number of aryl methyl sites for hydroxylation is 1. The summed E-state index contributed by atoms with van der Waals surface area (Å²) in [5, 5.41) is 9.32. The average molecular weight is 239 g/mol. The van der Waals surface area contributed by atoms with Gasteiger partial charge in [0.2, 0.25) is 5.95 Å². The van der Waals surface area contributed by atoms with Gasteiger partial charge in [0.25, 0.3) is 0 Å². The Morgan fingerprint density at radius 3 is 2.56 bits per heavy atom. The van der Waals surface area contributed by atoms with E-state index in [9.17, 15) is 5.11 Å². The predicted molar refractivity (Wildman–Crippen MR) is 71.9 cm³/mol. The number of para-hydroxylation sites is 1. The molecule has 4 heteroatoms. The second-order valence-corrected chi connectivity index (χ2v) is 4.26. The second kappa shape index (κ2) is 3.77. The van der Waals surface area contributed by atoms with Gasteiger partial charge in [0.05, 0.1) is 11.0 Å². The maximum atomic E-state index is 9.32. The van der Waals surface area contributed by atoms with Gasteiger partial charge in [-0.1, -0.05) is 12.1 Å². The van der Waals surface area contributed by atoms with Gasteiger partial charge < -0.3 is 10.8 Å². The van der Waals surface area contributed by atoms with Gasteiger partial charge in [-0.05, 0) is 42.8 Å². The van der Waals surface area contributed by atoms with Gasteiger partial charge in [-0.25, -0.2) is 4.98 Å². The van der Waals surface area contributed by atoms with E-state index in [2.05, 4.69) is 4.98 Å². The van der Waals surface area contributed by atoms with Crippen molar-refractivity contribution in [2.24, 2.45) is 0 Å². The molecule has 3 aromatic rings. The quantitative estimate of drug-likeness (QED) is 0.686. The summed E-state index contributed by atoms with van der Waals surface area (Å²) in [6.45, 7) is 2.01. The molecular formula is C14H13N3O. The number of fused-ring (bicyclic) bond motifs is 1. The van der Waals surface area contributed by atoms with Gasteiger partial charge in [0, 0.05) is 5.69 Å². The minimum Gasteiger partial charge on any atom is -0.508 e. The minimum absolute atomic E-state index is 0.234. The lowest BCUT2D eigenvalue weighted by Crippen LogP contribution is -2.00. The maximum Gasteiger partial charge on any atom is 0.205 e. The molecule has 18 heavy (non-hydrogen) atoms. The van der Waals surface area contributed by atoms with Crippen LogP contribution in [-0.4, -0.2) is 14.7 Å². The molecule has 0 amide bonds. The molecule has 0 aliphatic carbocycles. The molecule has 0 saturated carbocycles. The summed E-state index contributed by atoms with van der Waals surface area (Å²) in [6.07, 6.45) is 0. The van der Waals surface area contributed by atoms with E-state index in [1.165, 1.54) is 0 Å². The molecule has 0 unspecified atom stereocenters. The Labute approximate surface area is 104 Å². The Morgan fingerprint density at radius 1 is 1.11 bits per heavy atom. The van der Waals surface area contributed by atoms with Gasteiger partial charge in [-0.15, -0.1) is 0 Å². The van der Waals surface area contributed by atoms with Crippen LogP contribution in [0.3, 0.4) is 0 Å². The zero-order valence-corrected chi connectivity index (χ0v) is 9.96. The van der Waals surface area contributed by atoms with Crippen LogP contribution in [0.25, 0.3) is 16.7 Å². The summed E-state index contributed by atoms with van der Waals surface area (Å²) in [5.74, 6) is 0.683. The van der Waals surface area contributed by atoms with Gasteiger partial charge >= 0.3 is 0 Å². The van der Waals surface area contributed by atoms with Crippen LogP contribution < -0.4 is 5.73 Å². The summed E-state index contributed by atoms with van der Waals surface area (Å²) in [7, 11) is 0. The molecule has 0 fully saturated rings. The lowest BCUT2D eigenvalue weighted by molar-refractivity contribution is 0.475. The number of aromatic hydroxyl groups is 1. The van der Waals surface area contributed by atoms with Crippen LogP contribution in [0.1, 0.15) is 5.56 Å². The molecule has 2 aromatic carbocycles. The first kappa shape index (κ1) is 10.7. The zero-order valence-electron chi connectivity index (χ0n) is 9.96. The molecule has 0 bridgehead atoms. The number of nitrogen functional groups attached to an aromatic ring is 1. The first-order valence-corrected chi connectivity index (χ1v) is 5.70. The third kappa shape index (κ3) is 1.50. The number of phenolic OH excluding ortho intramolecular Hbond substituents is 1. The number of benzene rings is 2. The Balaban J connectivity index is 2.32. The van der Waals surface area contributed by atoms with Crippen LogP contribution in [0.5, 0.6) is 5.75 Å². The van der Waals surface area contributed by atoms with Crippen LogP contribution in [0.4, 0.5) is 5.95 Å². The number of aromatic nitrogens is 2. The zero-order chi connectivity index (χ0) is 12.7. The van der Waals surface area contributed by atoms with Gasteiger partial charge in [0.15, 0.2) is 0 Å². The van der Waals surface area contributed by atoms with Crippen LogP contribution in [0.15, 0.2) is 42.5 Å². The topological polar surface area (TPSA) is 64.1 Å². The van der Waals surface area contributed by atoms with E-state index in [1.54, 1.807) is 12.1 Å². The Morgan fingerprint density at radius 2 is 1.83 bits per heavy atom. The third-order valence-corrected chi connectivity index (χ3v) is 3.02. The van der Waals surface area contributed by atoms with Crippen molar-refractivity contribution in [2.75, 3.05) is 5.73 Å².